The van der Waals surface area contributed by atoms with Crippen molar-refractivity contribution in [3.05, 3.63) is 0 Å². The maximum absolute atomic E-state index is 12.0. The summed E-state index contributed by atoms with van der Waals surface area (Å²) in [5.41, 5.74) is 0. The van der Waals surface area contributed by atoms with Crippen LogP contribution in [0.15, 0.2) is 0 Å². The average molecular weight is 299 g/mol. The number of Topliss-reactive ketones (excluding diaryl/α,β-unsaturated/α-hetero) is 1. The minimum absolute atomic E-state index is 0.000970. The second-order valence-electron chi connectivity index (χ2n) is 5.76. The number of ketones is 1. The number of methoxy groups -OCH3 is 1. The lowest BCUT2D eigenvalue weighted by Crippen LogP contribution is -2.47. The zero-order valence-corrected chi connectivity index (χ0v) is 13.1. The van der Waals surface area contributed by atoms with Gasteiger partial charge in [0.25, 0.3) is 0 Å². The largest absolute Gasteiger partial charge is 0.453 e. The Balaban J connectivity index is 2.39. The van der Waals surface area contributed by atoms with Gasteiger partial charge in [-0.1, -0.05) is 13.8 Å². The van der Waals surface area contributed by atoms with Gasteiger partial charge in [0.05, 0.1) is 19.7 Å². The molecule has 2 amide bonds. The first-order chi connectivity index (χ1) is 9.83. The molecule has 1 heterocycles. The monoisotopic (exact) mass is 299 g/mol. The van der Waals surface area contributed by atoms with Crippen LogP contribution < -0.4 is 10.6 Å². The Morgan fingerprint density at radius 3 is 2.52 bits per heavy atom. The molecule has 21 heavy (non-hydrogen) atoms. The maximum Gasteiger partial charge on any atom is 0.407 e. The number of hydrogen-bond acceptors (Lipinski definition) is 5. The normalized spacial score (nSPS) is 20.1. The molecular formula is C14H25N3O4. The Morgan fingerprint density at radius 1 is 1.33 bits per heavy atom. The summed E-state index contributed by atoms with van der Waals surface area (Å²) in [6.45, 7) is 6.85. The Bertz CT molecular complexity index is 398. The molecule has 120 valence electrons. The fourth-order valence-corrected chi connectivity index (χ4v) is 2.48. The van der Waals surface area contributed by atoms with Crippen molar-refractivity contribution in [3.8, 4) is 0 Å². The number of amides is 2. The highest BCUT2D eigenvalue weighted by Gasteiger charge is 2.27. The third-order valence-electron chi connectivity index (χ3n) is 3.57. The van der Waals surface area contributed by atoms with Crippen LogP contribution in [0.1, 0.15) is 27.2 Å². The van der Waals surface area contributed by atoms with Gasteiger partial charge in [-0.05, 0) is 19.3 Å². The van der Waals surface area contributed by atoms with Crippen molar-refractivity contribution in [1.82, 2.24) is 15.5 Å². The van der Waals surface area contributed by atoms with E-state index in [1.165, 1.54) is 14.0 Å². The molecular weight excluding hydrogens is 274 g/mol. The van der Waals surface area contributed by atoms with Crippen molar-refractivity contribution >= 4 is 17.8 Å². The average Bonchev–Trinajstić information content (AvgIpc) is 2.82. The van der Waals surface area contributed by atoms with Crippen LogP contribution in [0.2, 0.25) is 0 Å². The highest BCUT2D eigenvalue weighted by Crippen LogP contribution is 2.09. The van der Waals surface area contributed by atoms with Gasteiger partial charge in [-0.15, -0.1) is 0 Å². The topological polar surface area (TPSA) is 87.7 Å². The Labute approximate surface area is 125 Å². The standard InChI is InChI=1S/C14H25N3O4/c1-9(2)13(10(3)18)16-12(19)8-17-6-5-11(7-17)15-14(20)21-4/h9,11,13H,5-8H2,1-4H3,(H,15,20)(H,16,19). The molecule has 1 fully saturated rings. The van der Waals surface area contributed by atoms with Crippen LogP contribution in [-0.2, 0) is 14.3 Å². The second kappa shape index (κ2) is 7.97. The summed E-state index contributed by atoms with van der Waals surface area (Å²) in [5.74, 6) is -0.133. The van der Waals surface area contributed by atoms with Gasteiger partial charge >= 0.3 is 6.09 Å². The quantitative estimate of drug-likeness (QED) is 0.729. The summed E-state index contributed by atoms with van der Waals surface area (Å²) in [4.78, 5) is 36.5. The molecule has 1 saturated heterocycles. The second-order valence-corrected chi connectivity index (χ2v) is 5.76. The molecule has 1 rings (SSSR count). The number of likely N-dealkylation sites (tertiary alicyclic amines) is 1. The first-order valence-corrected chi connectivity index (χ1v) is 7.20. The highest BCUT2D eigenvalue weighted by molar-refractivity contribution is 5.88. The Kier molecular flexibility index (Phi) is 6.61. The van der Waals surface area contributed by atoms with E-state index in [9.17, 15) is 14.4 Å². The zero-order valence-electron chi connectivity index (χ0n) is 13.1. The third-order valence-corrected chi connectivity index (χ3v) is 3.57. The summed E-state index contributed by atoms with van der Waals surface area (Å²) in [5, 5.41) is 5.49. The van der Waals surface area contributed by atoms with E-state index < -0.39 is 12.1 Å². The van der Waals surface area contributed by atoms with Crippen molar-refractivity contribution in [3.63, 3.8) is 0 Å². The number of ether oxygens (including phenoxy) is 1. The predicted molar refractivity (Wildman–Crippen MR) is 77.8 cm³/mol. The van der Waals surface area contributed by atoms with Crippen LogP contribution in [0.25, 0.3) is 0 Å². The molecule has 7 heteroatoms. The van der Waals surface area contributed by atoms with Gasteiger partial charge in [-0.25, -0.2) is 4.79 Å². The third kappa shape index (κ3) is 5.71. The molecule has 0 aromatic rings. The molecule has 2 unspecified atom stereocenters. The first kappa shape index (κ1) is 17.4. The van der Waals surface area contributed by atoms with Crippen molar-refractivity contribution in [2.75, 3.05) is 26.7 Å². The van der Waals surface area contributed by atoms with Crippen LogP contribution in [0.3, 0.4) is 0 Å². The van der Waals surface area contributed by atoms with Gasteiger partial charge in [0.2, 0.25) is 5.91 Å². The lowest BCUT2D eigenvalue weighted by molar-refractivity contribution is -0.128. The van der Waals surface area contributed by atoms with Gasteiger partial charge in [0.1, 0.15) is 0 Å². The SMILES string of the molecule is COC(=O)NC1CCN(CC(=O)NC(C(C)=O)C(C)C)C1. The molecule has 1 aliphatic rings. The van der Waals surface area contributed by atoms with E-state index in [0.29, 0.717) is 6.54 Å². The molecule has 1 aliphatic heterocycles. The molecule has 2 N–H and O–H groups in total. The zero-order chi connectivity index (χ0) is 16.0. The summed E-state index contributed by atoms with van der Waals surface area (Å²) in [6.07, 6.45) is 0.325. The summed E-state index contributed by atoms with van der Waals surface area (Å²) < 4.78 is 4.55. The summed E-state index contributed by atoms with van der Waals surface area (Å²) in [7, 11) is 1.32. The number of nitrogens with zero attached hydrogens (tertiary/aromatic N) is 1. The number of alkyl carbamates (subject to hydrolysis) is 1. The van der Waals surface area contributed by atoms with E-state index >= 15 is 0 Å². The fourth-order valence-electron chi connectivity index (χ4n) is 2.48. The van der Waals surface area contributed by atoms with Crippen molar-refractivity contribution in [1.29, 1.82) is 0 Å². The maximum atomic E-state index is 12.0. The number of nitrogens with one attached hydrogen (secondary N) is 2. The minimum Gasteiger partial charge on any atom is -0.453 e. The van der Waals surface area contributed by atoms with Crippen LogP contribution in [0, 0.1) is 5.92 Å². The van der Waals surface area contributed by atoms with Gasteiger partial charge in [0.15, 0.2) is 5.78 Å². The van der Waals surface area contributed by atoms with Gasteiger partial charge in [0, 0.05) is 19.1 Å². The van der Waals surface area contributed by atoms with Crippen LogP contribution >= 0.6 is 0 Å². The van der Waals surface area contributed by atoms with E-state index in [2.05, 4.69) is 15.4 Å². The molecule has 0 spiro atoms. The first-order valence-electron chi connectivity index (χ1n) is 7.20. The van der Waals surface area contributed by atoms with Gasteiger partial charge < -0.3 is 15.4 Å². The predicted octanol–water partition coefficient (Wildman–Crippen LogP) is 0.147. The van der Waals surface area contributed by atoms with Crippen LogP contribution in [0.5, 0.6) is 0 Å². The Morgan fingerprint density at radius 2 is 2.00 bits per heavy atom. The molecule has 7 nitrogen and oxygen atoms in total. The van der Waals surface area contributed by atoms with Crippen LogP contribution in [-0.4, -0.2) is 61.5 Å². The molecule has 0 bridgehead atoms. The van der Waals surface area contributed by atoms with Crippen molar-refractivity contribution in [2.45, 2.75) is 39.3 Å². The molecule has 0 aromatic heterocycles. The summed E-state index contributed by atoms with van der Waals surface area (Å²) in [6, 6.07) is -0.442. The lowest BCUT2D eigenvalue weighted by Gasteiger charge is -2.22. The van der Waals surface area contributed by atoms with E-state index in [0.717, 1.165) is 13.0 Å². The number of hydrogen-bond donors (Lipinski definition) is 2. The van der Waals surface area contributed by atoms with Crippen molar-refractivity contribution < 1.29 is 19.1 Å². The van der Waals surface area contributed by atoms with E-state index in [1.807, 2.05) is 18.7 Å². The minimum atomic E-state index is -0.456. The van der Waals surface area contributed by atoms with E-state index in [1.54, 1.807) is 0 Å². The molecule has 0 saturated carbocycles. The molecule has 0 aliphatic carbocycles. The fraction of sp³-hybridized carbons (Fsp3) is 0.786. The number of rotatable bonds is 6. The van der Waals surface area contributed by atoms with Crippen LogP contribution in [0.4, 0.5) is 4.79 Å². The summed E-state index contributed by atoms with van der Waals surface area (Å²) >= 11 is 0. The lowest BCUT2D eigenvalue weighted by atomic mass is 10.0. The number of carbonyl (C=O) groups is 3. The molecule has 2 atom stereocenters. The smallest absolute Gasteiger partial charge is 0.407 e. The molecule has 0 aromatic carbocycles. The van der Waals surface area contributed by atoms with Crippen molar-refractivity contribution in [2.24, 2.45) is 5.92 Å². The van der Waals surface area contributed by atoms with Gasteiger partial charge in [-0.2, -0.15) is 0 Å². The Hall–Kier alpha value is -1.63. The van der Waals surface area contributed by atoms with Gasteiger partial charge in [-0.3, -0.25) is 14.5 Å². The highest BCUT2D eigenvalue weighted by atomic mass is 16.5. The number of carbonyl (C=O) groups excluding carboxylic acids is 3. The van der Waals surface area contributed by atoms with E-state index in [4.69, 9.17) is 0 Å². The molecule has 0 radical (unpaired) electrons. The van der Waals surface area contributed by atoms with E-state index in [-0.39, 0.29) is 30.2 Å².